The Kier molecular flexibility index (Phi) is 8.35. The van der Waals surface area contributed by atoms with E-state index in [1.54, 1.807) is 41.4 Å². The average Bonchev–Trinajstić information content (AvgIpc) is 2.98. The molecule has 1 saturated heterocycles. The van der Waals surface area contributed by atoms with Crippen molar-refractivity contribution in [3.05, 3.63) is 89.5 Å². The molecule has 2 fully saturated rings. The molecule has 5 rings (SSSR count). The number of nitrogens with two attached hydrogens (primary N) is 1. The molecule has 3 amide bonds. The van der Waals surface area contributed by atoms with Crippen LogP contribution in [0.1, 0.15) is 56.8 Å². The molecule has 1 aliphatic heterocycles. The first-order chi connectivity index (χ1) is 19.4. The Morgan fingerprint density at radius 3 is 2.30 bits per heavy atom. The van der Waals surface area contributed by atoms with Crippen molar-refractivity contribution in [3.8, 4) is 0 Å². The van der Waals surface area contributed by atoms with Gasteiger partial charge in [0.25, 0.3) is 17.7 Å². The Labute approximate surface area is 232 Å². The predicted molar refractivity (Wildman–Crippen MR) is 151 cm³/mol. The topological polar surface area (TPSA) is 121 Å². The van der Waals surface area contributed by atoms with E-state index in [0.29, 0.717) is 48.6 Å². The van der Waals surface area contributed by atoms with Crippen LogP contribution in [-0.4, -0.2) is 65.9 Å². The van der Waals surface area contributed by atoms with Gasteiger partial charge in [0, 0.05) is 61.8 Å². The lowest BCUT2D eigenvalue weighted by Gasteiger charge is -2.37. The van der Waals surface area contributed by atoms with Gasteiger partial charge in [0.1, 0.15) is 5.82 Å². The molecule has 2 heterocycles. The van der Waals surface area contributed by atoms with Crippen LogP contribution in [0.15, 0.2) is 67.0 Å². The molecule has 0 bridgehead atoms. The van der Waals surface area contributed by atoms with Gasteiger partial charge in [-0.25, -0.2) is 4.39 Å². The summed E-state index contributed by atoms with van der Waals surface area (Å²) in [6, 6.07) is 14.6. The van der Waals surface area contributed by atoms with E-state index in [4.69, 9.17) is 5.73 Å². The lowest BCUT2D eigenvalue weighted by atomic mass is 9.91. The monoisotopic (exact) mass is 544 g/mol. The Hall–Kier alpha value is -4.31. The van der Waals surface area contributed by atoms with Gasteiger partial charge < -0.3 is 26.2 Å². The van der Waals surface area contributed by atoms with Crippen LogP contribution >= 0.6 is 0 Å². The second-order valence-corrected chi connectivity index (χ2v) is 10.3. The lowest BCUT2D eigenvalue weighted by molar-refractivity contribution is 0.0746. The minimum atomic E-state index is -0.449. The summed E-state index contributed by atoms with van der Waals surface area (Å²) in [5.41, 5.74) is 8.40. The van der Waals surface area contributed by atoms with Crippen LogP contribution in [0.25, 0.3) is 0 Å². The van der Waals surface area contributed by atoms with Gasteiger partial charge in [-0.2, -0.15) is 0 Å². The molecule has 40 heavy (non-hydrogen) atoms. The molecule has 208 valence electrons. The minimum absolute atomic E-state index is 0.0733. The summed E-state index contributed by atoms with van der Waals surface area (Å²) < 4.78 is 13.6. The van der Waals surface area contributed by atoms with Crippen molar-refractivity contribution >= 4 is 29.1 Å². The molecule has 1 saturated carbocycles. The lowest BCUT2D eigenvalue weighted by Crippen LogP contribution is -2.49. The average molecular weight is 545 g/mol. The molecule has 2 aliphatic rings. The van der Waals surface area contributed by atoms with E-state index in [-0.39, 0.29) is 29.8 Å². The number of anilines is 2. The van der Waals surface area contributed by atoms with Gasteiger partial charge in [-0.15, -0.1) is 0 Å². The quantitative estimate of drug-likeness (QED) is 0.437. The van der Waals surface area contributed by atoms with Crippen molar-refractivity contribution in [1.82, 2.24) is 15.2 Å². The van der Waals surface area contributed by atoms with E-state index >= 15 is 0 Å². The van der Waals surface area contributed by atoms with Gasteiger partial charge in [-0.05, 0) is 74.2 Å². The molecule has 10 heteroatoms. The van der Waals surface area contributed by atoms with Crippen molar-refractivity contribution in [1.29, 1.82) is 0 Å². The summed E-state index contributed by atoms with van der Waals surface area (Å²) in [4.78, 5) is 46.8. The minimum Gasteiger partial charge on any atom is -0.366 e. The van der Waals surface area contributed by atoms with E-state index in [1.165, 1.54) is 24.4 Å². The number of halogens is 1. The van der Waals surface area contributed by atoms with Crippen LogP contribution in [0.5, 0.6) is 0 Å². The Balaban J connectivity index is 1.33. The second kappa shape index (κ2) is 12.3. The van der Waals surface area contributed by atoms with Crippen molar-refractivity contribution in [3.63, 3.8) is 0 Å². The fraction of sp³-hybridized carbons (Fsp3) is 0.333. The molecular formula is C30H33FN6O3. The number of amides is 3. The molecule has 0 radical (unpaired) electrons. The van der Waals surface area contributed by atoms with Crippen LogP contribution in [-0.2, 0) is 0 Å². The van der Waals surface area contributed by atoms with Crippen molar-refractivity contribution < 1.29 is 18.8 Å². The smallest absolute Gasteiger partial charge is 0.257 e. The predicted octanol–water partition coefficient (Wildman–Crippen LogP) is 3.44. The summed E-state index contributed by atoms with van der Waals surface area (Å²) in [7, 11) is 0. The Bertz CT molecular complexity index is 1370. The van der Waals surface area contributed by atoms with E-state index in [2.05, 4.69) is 20.5 Å². The van der Waals surface area contributed by atoms with Gasteiger partial charge in [0.05, 0.1) is 16.9 Å². The third kappa shape index (κ3) is 6.45. The molecule has 1 aliphatic carbocycles. The fourth-order valence-corrected chi connectivity index (χ4v) is 5.23. The molecule has 0 unspecified atom stereocenters. The highest BCUT2D eigenvalue weighted by atomic mass is 19.1. The number of rotatable bonds is 6. The van der Waals surface area contributed by atoms with E-state index < -0.39 is 5.82 Å². The maximum Gasteiger partial charge on any atom is 0.257 e. The van der Waals surface area contributed by atoms with E-state index in [9.17, 15) is 18.8 Å². The first kappa shape index (κ1) is 27.3. The number of carbonyl (C=O) groups is 3. The standard InChI is InChI=1S/C30H33FN6O3/c31-23-5-1-3-21(17-23)30(40)37-15-13-36(14-16-37)27-11-6-20(28(38)34-25-9-7-24(32)8-10-25)18-26(27)35-29(39)22-4-2-12-33-19-22/h1-6,11-12,17-19,24-25H,7-10,13-16,32H2,(H,34,38)(H,35,39). The normalized spacial score (nSPS) is 19.1. The van der Waals surface area contributed by atoms with Crippen molar-refractivity contribution in [2.75, 3.05) is 36.4 Å². The van der Waals surface area contributed by atoms with Crippen LogP contribution in [0, 0.1) is 5.82 Å². The Morgan fingerprint density at radius 2 is 1.60 bits per heavy atom. The molecule has 1 aromatic heterocycles. The third-order valence-corrected chi connectivity index (χ3v) is 7.52. The number of aromatic nitrogens is 1. The number of piperazine rings is 1. The number of hydrogen-bond donors (Lipinski definition) is 3. The van der Waals surface area contributed by atoms with Gasteiger partial charge >= 0.3 is 0 Å². The zero-order valence-electron chi connectivity index (χ0n) is 22.2. The first-order valence-electron chi connectivity index (χ1n) is 13.6. The van der Waals surface area contributed by atoms with Crippen molar-refractivity contribution in [2.45, 2.75) is 37.8 Å². The number of nitrogens with one attached hydrogen (secondary N) is 2. The first-order valence-corrected chi connectivity index (χ1v) is 13.6. The summed E-state index contributed by atoms with van der Waals surface area (Å²) in [6.45, 7) is 1.87. The molecule has 2 aromatic carbocycles. The highest BCUT2D eigenvalue weighted by Crippen LogP contribution is 2.30. The maximum absolute atomic E-state index is 13.6. The summed E-state index contributed by atoms with van der Waals surface area (Å²) in [5.74, 6) is -1.21. The van der Waals surface area contributed by atoms with Gasteiger partial charge in [0.15, 0.2) is 0 Å². The van der Waals surface area contributed by atoms with Gasteiger partial charge in [-0.3, -0.25) is 19.4 Å². The molecule has 9 nitrogen and oxygen atoms in total. The fourth-order valence-electron chi connectivity index (χ4n) is 5.23. The maximum atomic E-state index is 13.6. The van der Waals surface area contributed by atoms with Gasteiger partial charge in [0.2, 0.25) is 0 Å². The summed E-state index contributed by atoms with van der Waals surface area (Å²) in [5, 5.41) is 6.06. The van der Waals surface area contributed by atoms with E-state index in [0.717, 1.165) is 31.4 Å². The molecule has 3 aromatic rings. The zero-order valence-corrected chi connectivity index (χ0v) is 22.2. The Morgan fingerprint density at radius 1 is 0.850 bits per heavy atom. The summed E-state index contributed by atoms with van der Waals surface area (Å²) in [6.07, 6.45) is 6.52. The molecule has 0 spiro atoms. The third-order valence-electron chi connectivity index (χ3n) is 7.52. The number of benzene rings is 2. The number of hydrogen-bond acceptors (Lipinski definition) is 6. The highest BCUT2D eigenvalue weighted by Gasteiger charge is 2.26. The van der Waals surface area contributed by atoms with Crippen molar-refractivity contribution in [2.24, 2.45) is 5.73 Å². The molecule has 4 N–H and O–H groups in total. The molecular weight excluding hydrogens is 511 g/mol. The number of nitrogens with zero attached hydrogens (tertiary/aromatic N) is 3. The van der Waals surface area contributed by atoms with Crippen LogP contribution < -0.4 is 21.3 Å². The summed E-state index contributed by atoms with van der Waals surface area (Å²) >= 11 is 0. The molecule has 0 atom stereocenters. The van der Waals surface area contributed by atoms with Crippen LogP contribution in [0.3, 0.4) is 0 Å². The van der Waals surface area contributed by atoms with Crippen LogP contribution in [0.2, 0.25) is 0 Å². The zero-order chi connectivity index (χ0) is 28.1. The van der Waals surface area contributed by atoms with Crippen LogP contribution in [0.4, 0.5) is 15.8 Å². The highest BCUT2D eigenvalue weighted by molar-refractivity contribution is 6.07. The number of carbonyl (C=O) groups excluding carboxylic acids is 3. The SMILES string of the molecule is NC1CCC(NC(=O)c2ccc(N3CCN(C(=O)c4cccc(F)c4)CC3)c(NC(=O)c3cccnc3)c2)CC1. The van der Waals surface area contributed by atoms with E-state index in [1.807, 2.05) is 6.07 Å². The number of pyridine rings is 1. The largest absolute Gasteiger partial charge is 0.366 e. The van der Waals surface area contributed by atoms with Gasteiger partial charge in [-0.1, -0.05) is 6.07 Å². The second-order valence-electron chi connectivity index (χ2n) is 10.3.